The molecule has 15 rings (SSSR count). The fourth-order valence-electron chi connectivity index (χ4n) is 14.4. The van der Waals surface area contributed by atoms with Crippen LogP contribution in [0.25, 0.3) is 31.3 Å². The number of amides is 5. The van der Waals surface area contributed by atoms with Crippen LogP contribution in [0.4, 0.5) is 55.7 Å². The first-order valence-electron chi connectivity index (χ1n) is 40.6. The Hall–Kier alpha value is -12.4. The number of ether oxygens (including phenoxy) is 2. The SMILES string of the molecule is CN(C(=O)OC(C)(C)C)c1cc(Cl)cc2c(C(=O)NC3CC3)cnn12.[C-]#[N+]CCN1CCCC(n2cccc(N)c2=O)C1.[C-]#[N+]CCN1CCCC(n2cccc(Nc3cc(N(C)C(=O)OC(C)(C)C)n4ncc(C(=O)NC5CC5)c4n3)c2=O)C1.[C-]#[N+]CCN1CCCC(n2cccc(Nc3cc(NC)n4ncc(C(=O)NC5CC5)c4n3)c2=O)C1. The molecule has 0 aromatic carbocycles. The van der Waals surface area contributed by atoms with Crippen molar-refractivity contribution in [2.75, 3.05) is 131 Å². The molecule has 3 atom stereocenters. The Bertz CT molecular complexity index is 5550. The van der Waals surface area contributed by atoms with Crippen LogP contribution in [0.3, 0.4) is 0 Å². The Labute approximate surface area is 699 Å². The van der Waals surface area contributed by atoms with Crippen LogP contribution in [-0.4, -0.2) is 226 Å². The van der Waals surface area contributed by atoms with Crippen molar-refractivity contribution in [1.82, 2.24) is 83.2 Å². The molecular formula is C83H105ClN26O10. The summed E-state index contributed by atoms with van der Waals surface area (Å²) in [6, 6.07) is 18.0. The third-order valence-corrected chi connectivity index (χ3v) is 21.1. The number of aromatic nitrogens is 11. The van der Waals surface area contributed by atoms with Gasteiger partial charge in [0.15, 0.2) is 11.3 Å². The van der Waals surface area contributed by atoms with Gasteiger partial charge >= 0.3 is 12.2 Å². The smallest absolute Gasteiger partial charge is 0.415 e. The minimum absolute atomic E-state index is 0.0180. The largest absolute Gasteiger partial charge is 0.443 e. The standard InChI is InChI=1S/C29H37N9O4.C24H29N9O2.C17H21ClN4O3.C13H18N4O/c1-29(2,3)42-28(41)35(5)24-16-23(34-25-21(17-31-38(24)25)26(39)32-19-10-11-19)33-22-9-7-14-37(27(22)40)20-8-6-13-36(18-20)15-12-30-4;1-25-9-12-31-10-3-5-17(15-31)32-11-4-6-19(24(32)35)29-20-13-21(26-2)33-22(30-20)18(14-27-33)23(34)28-16-7-8-16;1-17(2,3)25-16(24)21(4)14-8-10(18)7-13-12(9-19-22(13)14)15(23)20-11-5-6-11;1-15-6-9-16-7-2-4-11(10-16)17-8-3-5-12(14)13(17)18/h7,9,14,16-17,19-20H,6,8,10-13,15,18H2,1-3,5H3,(H,32,39)(H,33,34);4,6,11,13-14,16-17,26H,3,5,7-10,12,15H2,2H3,(H,28,34)(H,29,30);7-9,11H,5-6H2,1-4H3,(H,20,23);3,5,8,11H,2,4,6-7,9-10,14H2. The highest BCUT2D eigenvalue weighted by atomic mass is 35.5. The highest BCUT2D eigenvalue weighted by Gasteiger charge is 2.34. The van der Waals surface area contributed by atoms with Crippen LogP contribution in [-0.2, 0) is 9.47 Å². The van der Waals surface area contributed by atoms with Gasteiger partial charge in [0.2, 0.25) is 19.6 Å². The third-order valence-electron chi connectivity index (χ3n) is 20.9. The predicted octanol–water partition coefficient (Wildman–Crippen LogP) is 9.82. The average molecular weight is 1660 g/mol. The summed E-state index contributed by atoms with van der Waals surface area (Å²) in [4.78, 5) is 131. The molecule has 3 saturated carbocycles. The summed E-state index contributed by atoms with van der Waals surface area (Å²) in [6.07, 6.45) is 20.3. The summed E-state index contributed by atoms with van der Waals surface area (Å²) < 4.78 is 20.7. The molecule has 0 spiro atoms. The highest BCUT2D eigenvalue weighted by Crippen LogP contribution is 2.32. The van der Waals surface area contributed by atoms with Gasteiger partial charge in [-0.2, -0.15) is 24.3 Å². The van der Waals surface area contributed by atoms with Crippen molar-refractivity contribution in [1.29, 1.82) is 0 Å². The second-order valence-electron chi connectivity index (χ2n) is 32.7. The van der Waals surface area contributed by atoms with E-state index in [-0.39, 0.29) is 87.7 Å². The van der Waals surface area contributed by atoms with Gasteiger partial charge < -0.3 is 75.3 Å². The summed E-state index contributed by atoms with van der Waals surface area (Å²) in [5.41, 5.74) is 7.16. The number of halogens is 1. The van der Waals surface area contributed by atoms with Crippen LogP contribution in [0.2, 0.25) is 5.02 Å². The number of rotatable bonds is 22. The molecule has 9 aromatic heterocycles. The average Bonchev–Trinajstić information content (AvgIpc) is 1.63. The van der Waals surface area contributed by atoms with E-state index in [0.717, 1.165) is 123 Å². The normalized spacial score (nSPS) is 17.5. The Balaban J connectivity index is 0.000000153. The number of nitrogens with zero attached hydrogens (tertiary/aromatic N) is 19. The molecule has 6 fully saturated rings. The van der Waals surface area contributed by atoms with Gasteiger partial charge in [-0.1, -0.05) is 11.6 Å². The topological polar surface area (TPSA) is 375 Å². The number of nitrogens with one attached hydrogen (secondary N) is 6. The van der Waals surface area contributed by atoms with E-state index in [1.807, 2.05) is 24.5 Å². The van der Waals surface area contributed by atoms with Crippen molar-refractivity contribution in [2.24, 2.45) is 0 Å². The van der Waals surface area contributed by atoms with Crippen LogP contribution in [0.1, 0.15) is 168 Å². The number of carbonyl (C=O) groups is 5. The quantitative estimate of drug-likeness (QED) is 0.0310. The molecule has 5 amide bonds. The molecule has 0 bridgehead atoms. The number of nitrogens with two attached hydrogens (primary N) is 1. The van der Waals surface area contributed by atoms with Gasteiger partial charge in [-0.15, -0.1) is 0 Å². The lowest BCUT2D eigenvalue weighted by Gasteiger charge is -2.32. The van der Waals surface area contributed by atoms with E-state index in [1.165, 1.54) is 37.4 Å². The first-order chi connectivity index (χ1) is 57.5. The number of likely N-dealkylation sites (tertiary alicyclic amines) is 3. The Morgan fingerprint density at radius 2 is 0.908 bits per heavy atom. The van der Waals surface area contributed by atoms with Gasteiger partial charge in [0.05, 0.1) is 55.0 Å². The van der Waals surface area contributed by atoms with Crippen LogP contribution in [0.15, 0.2) is 112 Å². The van der Waals surface area contributed by atoms with E-state index in [2.05, 4.69) is 86.4 Å². The Kier molecular flexibility index (Phi) is 27.9. The summed E-state index contributed by atoms with van der Waals surface area (Å²) in [5.74, 6) is 1.39. The molecule has 36 nitrogen and oxygen atoms in total. The number of carbonyl (C=O) groups excluding carboxylic acids is 5. The lowest BCUT2D eigenvalue weighted by atomic mass is 10.1. The van der Waals surface area contributed by atoms with Gasteiger partial charge in [-0.25, -0.2) is 43.8 Å². The molecule has 3 aliphatic carbocycles. The summed E-state index contributed by atoms with van der Waals surface area (Å²) in [7, 11) is 4.89. The maximum Gasteiger partial charge on any atom is 0.415 e. The molecule has 37 heteroatoms. The maximum atomic E-state index is 13.6. The molecular weight excluding hydrogens is 1560 g/mol. The third kappa shape index (κ3) is 22.3. The van der Waals surface area contributed by atoms with Crippen molar-refractivity contribution in [3.05, 3.63) is 185 Å². The van der Waals surface area contributed by atoms with Gasteiger partial charge in [0, 0.05) is 113 Å². The monoisotopic (exact) mass is 1660 g/mol. The molecule has 8 N–H and O–H groups in total. The molecule has 6 aliphatic rings. The summed E-state index contributed by atoms with van der Waals surface area (Å²) >= 11 is 6.21. The molecule has 3 unspecified atom stereocenters. The van der Waals surface area contributed by atoms with Gasteiger partial charge in [0.1, 0.15) is 62.8 Å². The molecule has 9 aromatic rings. The van der Waals surface area contributed by atoms with E-state index in [1.54, 1.807) is 136 Å². The van der Waals surface area contributed by atoms with Crippen LogP contribution in [0, 0.1) is 19.7 Å². The summed E-state index contributed by atoms with van der Waals surface area (Å²) in [5, 5.41) is 31.6. The van der Waals surface area contributed by atoms with Crippen molar-refractivity contribution < 1.29 is 33.4 Å². The van der Waals surface area contributed by atoms with E-state index in [4.69, 9.17) is 46.5 Å². The van der Waals surface area contributed by atoms with E-state index in [9.17, 15) is 38.4 Å². The Morgan fingerprint density at radius 1 is 0.525 bits per heavy atom. The fraction of sp³-hybridized carbons (Fsp3) is 0.494. The minimum Gasteiger partial charge on any atom is -0.443 e. The van der Waals surface area contributed by atoms with Crippen molar-refractivity contribution in [3.8, 4) is 0 Å². The van der Waals surface area contributed by atoms with Crippen molar-refractivity contribution in [2.45, 2.75) is 166 Å². The number of hydrogen-bond donors (Lipinski definition) is 7. The molecule has 120 heavy (non-hydrogen) atoms. The number of piperidine rings is 3. The van der Waals surface area contributed by atoms with Crippen molar-refractivity contribution in [3.63, 3.8) is 0 Å². The minimum atomic E-state index is -0.724. The lowest BCUT2D eigenvalue weighted by molar-refractivity contribution is 0.0577. The lowest BCUT2D eigenvalue weighted by Crippen LogP contribution is -2.40. The van der Waals surface area contributed by atoms with E-state index < -0.39 is 23.4 Å². The van der Waals surface area contributed by atoms with Crippen molar-refractivity contribution >= 4 is 104 Å². The maximum absolute atomic E-state index is 13.6. The molecule has 12 heterocycles. The number of fused-ring (bicyclic) bond motifs is 3. The van der Waals surface area contributed by atoms with Crippen LogP contribution < -0.4 is 64.1 Å². The predicted molar refractivity (Wildman–Crippen MR) is 458 cm³/mol. The van der Waals surface area contributed by atoms with Crippen LogP contribution in [0.5, 0.6) is 0 Å². The van der Waals surface area contributed by atoms with E-state index in [0.29, 0.717) is 100 Å². The van der Waals surface area contributed by atoms with Gasteiger partial charge in [-0.3, -0.25) is 53.3 Å². The first kappa shape index (κ1) is 86.9. The Morgan fingerprint density at radius 3 is 1.33 bits per heavy atom. The highest BCUT2D eigenvalue weighted by molar-refractivity contribution is 6.31. The zero-order chi connectivity index (χ0) is 85.7. The first-order valence-corrected chi connectivity index (χ1v) is 40.9. The summed E-state index contributed by atoms with van der Waals surface area (Å²) in [6.45, 7) is 40.5. The van der Waals surface area contributed by atoms with Gasteiger partial charge in [0.25, 0.3) is 34.4 Å². The van der Waals surface area contributed by atoms with Crippen LogP contribution >= 0.6 is 11.6 Å². The number of pyridine rings is 4. The molecule has 0 radical (unpaired) electrons. The number of nitrogen functional groups attached to an aromatic ring is 1. The molecule has 3 saturated heterocycles. The molecule has 634 valence electrons. The second-order valence-corrected chi connectivity index (χ2v) is 33.1. The zero-order valence-corrected chi connectivity index (χ0v) is 70.0. The molecule has 3 aliphatic heterocycles. The number of hydrogen-bond acceptors (Lipinski definition) is 22. The zero-order valence-electron chi connectivity index (χ0n) is 69.2. The number of anilines is 8. The fourth-order valence-corrected chi connectivity index (χ4v) is 14.6. The van der Waals surface area contributed by atoms with Gasteiger partial charge in [-0.05, 0) is 187 Å². The van der Waals surface area contributed by atoms with E-state index >= 15 is 0 Å². The second kappa shape index (κ2) is 38.5.